The zero-order chi connectivity index (χ0) is 15.9. The zero-order valence-electron chi connectivity index (χ0n) is 14.2. The van der Waals surface area contributed by atoms with Crippen LogP contribution in [0.3, 0.4) is 0 Å². The van der Waals surface area contributed by atoms with Crippen LogP contribution in [0, 0.1) is 0 Å². The molecule has 0 aliphatic carbocycles. The topological polar surface area (TPSA) is 0 Å². The molecule has 0 spiro atoms. The summed E-state index contributed by atoms with van der Waals surface area (Å²) in [4.78, 5) is 0. The van der Waals surface area contributed by atoms with E-state index in [1.807, 2.05) is 0 Å². The van der Waals surface area contributed by atoms with Gasteiger partial charge in [0.05, 0.1) is 8.07 Å². The maximum atomic E-state index is 4.27. The van der Waals surface area contributed by atoms with Crippen molar-refractivity contribution < 1.29 is 0 Å². The average Bonchev–Trinajstić information content (AvgIpc) is 2.42. The van der Waals surface area contributed by atoms with E-state index < -0.39 is 8.07 Å². The van der Waals surface area contributed by atoms with Gasteiger partial charge in [0.25, 0.3) is 0 Å². The summed E-state index contributed by atoms with van der Waals surface area (Å²) < 4.78 is 0. The minimum absolute atomic E-state index is 0.634. The van der Waals surface area contributed by atoms with Crippen LogP contribution in [0.2, 0.25) is 18.6 Å². The molecule has 0 aromatic heterocycles. The number of rotatable bonds is 8. The third-order valence-electron chi connectivity index (χ3n) is 4.24. The summed E-state index contributed by atoms with van der Waals surface area (Å²) in [7, 11) is -1.50. The third-order valence-corrected chi connectivity index (χ3v) is 8.58. The molecule has 0 heterocycles. The first-order valence-electron chi connectivity index (χ1n) is 7.86. The molecule has 0 aliphatic rings. The van der Waals surface area contributed by atoms with Crippen LogP contribution in [0.4, 0.5) is 0 Å². The van der Waals surface area contributed by atoms with Crippen molar-refractivity contribution >= 4 is 13.3 Å². The van der Waals surface area contributed by atoms with Gasteiger partial charge in [-0.15, -0.1) is 6.58 Å². The van der Waals surface area contributed by atoms with Crippen molar-refractivity contribution in [3.63, 3.8) is 0 Å². The second-order valence-corrected chi connectivity index (χ2v) is 11.4. The van der Waals surface area contributed by atoms with Gasteiger partial charge in [-0.05, 0) is 38.7 Å². The van der Waals surface area contributed by atoms with Crippen LogP contribution >= 0.6 is 0 Å². The SMILES string of the molecule is C=C(C)C/C=C/CCC(C(=C)C)[Si](C)(C)c1ccccc1. The minimum atomic E-state index is -1.50. The highest BCUT2D eigenvalue weighted by molar-refractivity contribution is 6.91. The highest BCUT2D eigenvalue weighted by atomic mass is 28.3. The third kappa shape index (κ3) is 5.51. The van der Waals surface area contributed by atoms with E-state index >= 15 is 0 Å². The Morgan fingerprint density at radius 2 is 1.71 bits per heavy atom. The summed E-state index contributed by atoms with van der Waals surface area (Å²) in [5.74, 6) is 0. The van der Waals surface area contributed by atoms with E-state index in [2.05, 4.69) is 82.6 Å². The first-order chi connectivity index (χ1) is 9.85. The number of benzene rings is 1. The Hall–Kier alpha value is -1.34. The van der Waals surface area contributed by atoms with Crippen molar-refractivity contribution in [3.8, 4) is 0 Å². The van der Waals surface area contributed by atoms with Gasteiger partial charge in [0.15, 0.2) is 0 Å². The van der Waals surface area contributed by atoms with Crippen LogP contribution < -0.4 is 5.19 Å². The van der Waals surface area contributed by atoms with Crippen molar-refractivity contribution in [1.29, 1.82) is 0 Å². The Morgan fingerprint density at radius 3 is 2.24 bits per heavy atom. The van der Waals surface area contributed by atoms with Crippen molar-refractivity contribution in [1.82, 2.24) is 0 Å². The molecule has 0 bridgehead atoms. The predicted molar refractivity (Wildman–Crippen MR) is 99.9 cm³/mol. The minimum Gasteiger partial charge on any atom is -0.100 e. The summed E-state index contributed by atoms with van der Waals surface area (Å²) in [5, 5.41) is 1.53. The molecule has 1 aromatic rings. The molecule has 0 saturated carbocycles. The molecular formula is C20H30Si. The Labute approximate surface area is 132 Å². The summed E-state index contributed by atoms with van der Waals surface area (Å²) in [6, 6.07) is 11.0. The largest absolute Gasteiger partial charge is 0.100 e. The quantitative estimate of drug-likeness (QED) is 0.417. The lowest BCUT2D eigenvalue weighted by Gasteiger charge is -2.33. The molecule has 0 fully saturated rings. The number of hydrogen-bond donors (Lipinski definition) is 0. The van der Waals surface area contributed by atoms with Gasteiger partial charge >= 0.3 is 0 Å². The standard InChI is InChI=1S/C20H30Si/c1-17(2)13-9-7-12-16-20(18(3)4)21(5,6)19-14-10-8-11-15-19/h7-11,14-15,20H,1,3,12-13,16H2,2,4-6H3/b9-7+. The number of allylic oxidation sites excluding steroid dienone is 4. The van der Waals surface area contributed by atoms with Crippen LogP contribution in [0.5, 0.6) is 0 Å². The maximum absolute atomic E-state index is 4.27. The molecule has 0 nitrogen and oxygen atoms in total. The van der Waals surface area contributed by atoms with Crippen LogP contribution in [0.15, 0.2) is 66.8 Å². The van der Waals surface area contributed by atoms with Crippen molar-refractivity contribution in [3.05, 3.63) is 66.8 Å². The molecular weight excluding hydrogens is 268 g/mol. The first-order valence-corrected chi connectivity index (χ1v) is 10.9. The van der Waals surface area contributed by atoms with Crippen molar-refractivity contribution in [2.24, 2.45) is 0 Å². The second kappa shape index (κ2) is 8.19. The van der Waals surface area contributed by atoms with Gasteiger partial charge in [0.2, 0.25) is 0 Å². The highest BCUT2D eigenvalue weighted by Gasteiger charge is 2.33. The van der Waals surface area contributed by atoms with E-state index in [4.69, 9.17) is 0 Å². The predicted octanol–water partition coefficient (Wildman–Crippen LogP) is 5.85. The molecule has 1 aromatic carbocycles. The zero-order valence-corrected chi connectivity index (χ0v) is 15.2. The van der Waals surface area contributed by atoms with Crippen molar-refractivity contribution in [2.75, 3.05) is 0 Å². The van der Waals surface area contributed by atoms with E-state index in [0.29, 0.717) is 5.54 Å². The van der Waals surface area contributed by atoms with E-state index in [9.17, 15) is 0 Å². The molecule has 0 radical (unpaired) electrons. The van der Waals surface area contributed by atoms with Crippen LogP contribution in [-0.2, 0) is 0 Å². The van der Waals surface area contributed by atoms with Crippen LogP contribution in [0.1, 0.15) is 33.1 Å². The normalized spacial score (nSPS) is 13.3. The molecule has 1 atom stereocenters. The molecule has 0 saturated heterocycles. The van der Waals surface area contributed by atoms with Gasteiger partial charge in [-0.2, -0.15) is 0 Å². The molecule has 21 heavy (non-hydrogen) atoms. The molecule has 114 valence electrons. The fourth-order valence-corrected chi connectivity index (χ4v) is 6.53. The fourth-order valence-electron chi connectivity index (χ4n) is 2.96. The van der Waals surface area contributed by atoms with Gasteiger partial charge in [-0.25, -0.2) is 0 Å². The lowest BCUT2D eigenvalue weighted by molar-refractivity contribution is 0.806. The Morgan fingerprint density at radius 1 is 1.10 bits per heavy atom. The van der Waals surface area contributed by atoms with Crippen molar-refractivity contribution in [2.45, 2.75) is 51.7 Å². The van der Waals surface area contributed by atoms with Gasteiger partial charge in [0, 0.05) is 0 Å². The van der Waals surface area contributed by atoms with Gasteiger partial charge in [0.1, 0.15) is 0 Å². The Bertz CT molecular complexity index is 494. The van der Waals surface area contributed by atoms with Gasteiger partial charge in [-0.1, -0.05) is 78.5 Å². The van der Waals surface area contributed by atoms with Crippen LogP contribution in [-0.4, -0.2) is 8.07 Å². The Kier molecular flexibility index (Phi) is 6.90. The molecule has 1 heteroatoms. The molecule has 0 N–H and O–H groups in total. The fraction of sp³-hybridized carbons (Fsp3) is 0.400. The lowest BCUT2D eigenvalue weighted by Crippen LogP contribution is -2.46. The summed E-state index contributed by atoms with van der Waals surface area (Å²) in [6.45, 7) is 17.4. The monoisotopic (exact) mass is 298 g/mol. The van der Waals surface area contributed by atoms with E-state index in [1.165, 1.54) is 22.8 Å². The number of hydrogen-bond acceptors (Lipinski definition) is 0. The molecule has 1 rings (SSSR count). The molecule has 0 amide bonds. The molecule has 1 unspecified atom stereocenters. The highest BCUT2D eigenvalue weighted by Crippen LogP contribution is 2.33. The van der Waals surface area contributed by atoms with E-state index in [0.717, 1.165) is 12.8 Å². The average molecular weight is 299 g/mol. The molecule has 0 aliphatic heterocycles. The smallest absolute Gasteiger partial charge is 0.0876 e. The van der Waals surface area contributed by atoms with Gasteiger partial charge < -0.3 is 0 Å². The Balaban J connectivity index is 2.75. The summed E-state index contributed by atoms with van der Waals surface area (Å²) in [6.07, 6.45) is 7.89. The second-order valence-electron chi connectivity index (χ2n) is 6.70. The van der Waals surface area contributed by atoms with E-state index in [-0.39, 0.29) is 0 Å². The first kappa shape index (κ1) is 17.7. The van der Waals surface area contributed by atoms with E-state index in [1.54, 1.807) is 0 Å². The van der Waals surface area contributed by atoms with Crippen LogP contribution in [0.25, 0.3) is 0 Å². The lowest BCUT2D eigenvalue weighted by atomic mass is 10.1. The summed E-state index contributed by atoms with van der Waals surface area (Å²) >= 11 is 0. The summed E-state index contributed by atoms with van der Waals surface area (Å²) in [5.41, 5.74) is 3.19. The maximum Gasteiger partial charge on any atom is 0.0876 e. The van der Waals surface area contributed by atoms with Gasteiger partial charge in [-0.3, -0.25) is 0 Å².